The molecule has 14 heteroatoms. The fourth-order valence-electron chi connectivity index (χ4n) is 8.25. The Labute approximate surface area is 349 Å². The molecular weight excluding hydrogens is 762 g/mol. The van der Waals surface area contributed by atoms with Gasteiger partial charge in [0, 0.05) is 69.3 Å². The van der Waals surface area contributed by atoms with Crippen LogP contribution in [0.15, 0.2) is 70.9 Å². The van der Waals surface area contributed by atoms with Gasteiger partial charge < -0.3 is 49.1 Å². The van der Waals surface area contributed by atoms with Crippen molar-refractivity contribution < 1.29 is 62.9 Å². The van der Waals surface area contributed by atoms with Crippen LogP contribution < -0.4 is 5.32 Å². The number of aliphatic hydroxyl groups is 3. The van der Waals surface area contributed by atoms with Gasteiger partial charge in [-0.25, -0.2) is 9.59 Å². The number of nitrogens with one attached hydrogen (secondary N) is 1. The van der Waals surface area contributed by atoms with E-state index in [0.29, 0.717) is 12.0 Å². The number of aliphatic hydroxyl groups excluding tert-OH is 3. The highest BCUT2D eigenvalue weighted by Gasteiger charge is 2.54. The molecule has 330 valence electrons. The fraction of sp³-hybridized carbons (Fsp3) is 0.644. The van der Waals surface area contributed by atoms with Gasteiger partial charge in [0.1, 0.15) is 29.8 Å². The highest BCUT2D eigenvalue weighted by molar-refractivity contribution is 6.04. The van der Waals surface area contributed by atoms with Crippen molar-refractivity contribution in [1.29, 1.82) is 0 Å². The van der Waals surface area contributed by atoms with Crippen molar-refractivity contribution in [2.75, 3.05) is 21.3 Å². The summed E-state index contributed by atoms with van der Waals surface area (Å²) in [5.74, 6) is -6.84. The van der Waals surface area contributed by atoms with Crippen LogP contribution in [0.1, 0.15) is 88.0 Å². The van der Waals surface area contributed by atoms with Crippen LogP contribution >= 0.6 is 0 Å². The quantitative estimate of drug-likeness (QED) is 0.138. The Bertz CT molecular complexity index is 1690. The number of Topliss-reactive ketones (excluding diaryl/α,β-unsaturated/α-hetero) is 1. The van der Waals surface area contributed by atoms with E-state index >= 15 is 0 Å². The van der Waals surface area contributed by atoms with Gasteiger partial charge in [-0.1, -0.05) is 83.9 Å². The average molecular weight is 830 g/mol. The first-order chi connectivity index (χ1) is 27.7. The molecule has 0 bridgehead atoms. The third-order valence-electron chi connectivity index (χ3n) is 11.8. The van der Waals surface area contributed by atoms with Gasteiger partial charge in [0.2, 0.25) is 11.7 Å². The largest absolute Gasteiger partial charge is 0.510 e. The third-order valence-corrected chi connectivity index (χ3v) is 11.8. The Morgan fingerprint density at radius 1 is 1.02 bits per heavy atom. The molecule has 0 saturated carbocycles. The molecule has 0 unspecified atom stereocenters. The summed E-state index contributed by atoms with van der Waals surface area (Å²) in [5, 5.41) is 35.5. The summed E-state index contributed by atoms with van der Waals surface area (Å²) in [6.07, 6.45) is 6.62. The minimum absolute atomic E-state index is 0.00964. The lowest BCUT2D eigenvalue weighted by molar-refractivity contribution is -0.339. The Kier molecular flexibility index (Phi) is 18.3. The lowest BCUT2D eigenvalue weighted by atomic mass is 9.76. The van der Waals surface area contributed by atoms with Crippen LogP contribution in [0.5, 0.6) is 0 Å². The van der Waals surface area contributed by atoms with Crippen LogP contribution in [-0.2, 0) is 47.6 Å². The summed E-state index contributed by atoms with van der Waals surface area (Å²) in [4.78, 5) is 51.4. The van der Waals surface area contributed by atoms with Crippen LogP contribution in [0.2, 0.25) is 0 Å². The normalized spacial score (nSPS) is 35.1. The third kappa shape index (κ3) is 12.7. The number of amides is 1. The molecule has 59 heavy (non-hydrogen) atoms. The zero-order valence-electron chi connectivity index (χ0n) is 36.7. The van der Waals surface area contributed by atoms with Gasteiger partial charge in [0.25, 0.3) is 0 Å². The molecule has 0 aromatic heterocycles. The number of cyclic esters (lactones) is 1. The molecule has 0 aromatic carbocycles. The van der Waals surface area contributed by atoms with E-state index in [1.807, 2.05) is 60.6 Å². The molecule has 1 fully saturated rings. The number of hydrogen-bond acceptors (Lipinski definition) is 13. The van der Waals surface area contributed by atoms with E-state index in [9.17, 15) is 34.5 Å². The molecule has 2 aliphatic heterocycles. The summed E-state index contributed by atoms with van der Waals surface area (Å²) in [7, 11) is 4.29. The second kappa shape index (κ2) is 22.0. The topological polar surface area (TPSA) is 196 Å². The predicted molar refractivity (Wildman–Crippen MR) is 220 cm³/mol. The molecule has 3 aliphatic rings. The molecular formula is C45H67NO13. The molecule has 0 spiro atoms. The summed E-state index contributed by atoms with van der Waals surface area (Å²) in [5.41, 5.74) is 1.53. The summed E-state index contributed by atoms with van der Waals surface area (Å²) in [6.45, 7) is 17.0. The van der Waals surface area contributed by atoms with Crippen molar-refractivity contribution >= 4 is 23.6 Å². The molecule has 4 N–H and O–H groups in total. The Morgan fingerprint density at radius 2 is 1.69 bits per heavy atom. The fourth-order valence-corrected chi connectivity index (χ4v) is 8.25. The number of carbonyl (C=O) groups is 4. The lowest BCUT2D eigenvalue weighted by Crippen LogP contribution is -2.60. The van der Waals surface area contributed by atoms with Gasteiger partial charge in [-0.15, -0.1) is 0 Å². The van der Waals surface area contributed by atoms with Crippen LogP contribution in [0.25, 0.3) is 0 Å². The van der Waals surface area contributed by atoms with Gasteiger partial charge in [-0.05, 0) is 38.2 Å². The lowest BCUT2D eigenvalue weighted by Gasteiger charge is -2.51. The number of esters is 2. The van der Waals surface area contributed by atoms with Crippen molar-refractivity contribution in [3.05, 3.63) is 70.9 Å². The number of carbonyl (C=O) groups excluding carboxylic acids is 4. The van der Waals surface area contributed by atoms with Gasteiger partial charge in [-0.2, -0.15) is 0 Å². The Morgan fingerprint density at radius 3 is 2.27 bits per heavy atom. The average Bonchev–Trinajstić information content (AvgIpc) is 3.51. The standard InChI is InChI=1S/C45H67NO13/c1-24(2)42-29(7)36(57-38(50)19-18-37(49)46-39-32(47)16-17-33(39)48)23-45(56-12,59-42)31(9)41(52)30(8)43-34(54-10)15-13-14-25(3)20-27(5)40(51)28(6)21-26(4)22-35(55-11)44(53)58-43/h13-15,18-19,21-22,24,27-31,34,36,40-43,47,51-52H,16-17,20,23H2,1-12H3,(H,46,49)/b15-13+,19-18+,25-14+,26-21+,35-22-/t27-,28-,29+,30+,31+,34+,36-,40+,41-,42-,43-,45-/m1/s1. The maximum Gasteiger partial charge on any atom is 0.373 e. The molecule has 12 atom stereocenters. The van der Waals surface area contributed by atoms with E-state index in [-0.39, 0.29) is 60.1 Å². The highest BCUT2D eigenvalue weighted by atomic mass is 16.7. The van der Waals surface area contributed by atoms with Gasteiger partial charge in [0.15, 0.2) is 11.6 Å². The SMILES string of the molecule is CO/C1=C\C(C)=C\[C@@H](C)[C@@H](O)[C@H](C)C/C(C)=C/C=C/[C@H](OC)[C@@H]([C@@H](C)[C@@H](O)[C@H](C)[C@@]2(OC)C[C@@H](OC(=O)/C=C/C(=O)NC3=C(O)CCC3=O)[C@H](C)[C@@H](C(C)C)O2)OC1=O. The maximum atomic E-state index is 13.8. The first-order valence-corrected chi connectivity index (χ1v) is 20.5. The zero-order valence-corrected chi connectivity index (χ0v) is 36.7. The number of rotatable bonds is 12. The highest BCUT2D eigenvalue weighted by Crippen LogP contribution is 2.44. The first kappa shape index (κ1) is 49.3. The molecule has 14 nitrogen and oxygen atoms in total. The van der Waals surface area contributed by atoms with Crippen LogP contribution in [0.4, 0.5) is 0 Å². The number of ketones is 1. The van der Waals surface area contributed by atoms with E-state index in [1.165, 1.54) is 21.3 Å². The van der Waals surface area contributed by atoms with E-state index in [4.69, 9.17) is 28.4 Å². The molecule has 1 aliphatic carbocycles. The summed E-state index contributed by atoms with van der Waals surface area (Å²) in [6, 6.07) is 0. The minimum atomic E-state index is -1.49. The maximum absolute atomic E-state index is 13.8. The van der Waals surface area contributed by atoms with Gasteiger partial charge in [-0.3, -0.25) is 9.59 Å². The van der Waals surface area contributed by atoms with Crippen molar-refractivity contribution in [3.63, 3.8) is 0 Å². The number of ether oxygens (including phenoxy) is 6. The smallest absolute Gasteiger partial charge is 0.373 e. The van der Waals surface area contributed by atoms with E-state index in [2.05, 4.69) is 5.32 Å². The van der Waals surface area contributed by atoms with Crippen LogP contribution in [0, 0.1) is 35.5 Å². The number of hydrogen-bond donors (Lipinski definition) is 4. The van der Waals surface area contributed by atoms with Crippen molar-refractivity contribution in [3.8, 4) is 0 Å². The number of allylic oxidation sites excluding steroid dienone is 7. The van der Waals surface area contributed by atoms with E-state index in [1.54, 1.807) is 32.1 Å². The van der Waals surface area contributed by atoms with Gasteiger partial charge >= 0.3 is 11.9 Å². The van der Waals surface area contributed by atoms with Crippen molar-refractivity contribution in [2.45, 2.75) is 130 Å². The van der Waals surface area contributed by atoms with Gasteiger partial charge in [0.05, 0.1) is 25.4 Å². The van der Waals surface area contributed by atoms with Crippen molar-refractivity contribution in [1.82, 2.24) is 5.32 Å². The Balaban J connectivity index is 1.96. The summed E-state index contributed by atoms with van der Waals surface area (Å²) < 4.78 is 36.3. The zero-order chi connectivity index (χ0) is 44.4. The second-order valence-electron chi connectivity index (χ2n) is 16.7. The number of methoxy groups -OCH3 is 3. The van der Waals surface area contributed by atoms with Crippen molar-refractivity contribution in [2.24, 2.45) is 35.5 Å². The Hall–Kier alpha value is -4.08. The molecule has 1 saturated heterocycles. The minimum Gasteiger partial charge on any atom is -0.510 e. The first-order valence-electron chi connectivity index (χ1n) is 20.5. The molecule has 0 radical (unpaired) electrons. The predicted octanol–water partition coefficient (Wildman–Crippen LogP) is 5.70. The molecule has 3 rings (SSSR count). The van der Waals surface area contributed by atoms with E-state index in [0.717, 1.165) is 17.7 Å². The monoisotopic (exact) mass is 829 g/mol. The van der Waals surface area contributed by atoms with E-state index < -0.39 is 77.9 Å². The summed E-state index contributed by atoms with van der Waals surface area (Å²) >= 11 is 0. The van der Waals surface area contributed by atoms with Crippen LogP contribution in [-0.4, -0.2) is 103 Å². The second-order valence-corrected chi connectivity index (χ2v) is 16.7. The molecule has 0 aromatic rings. The molecule has 2 heterocycles. The van der Waals surface area contributed by atoms with Crippen LogP contribution in [0.3, 0.4) is 0 Å². The molecule has 1 amide bonds.